The molecule has 1 aromatic carbocycles. The average Bonchev–Trinajstić information content (AvgIpc) is 2.72. The Kier molecular flexibility index (Phi) is 4.63. The molecule has 0 atom stereocenters. The molecule has 0 bridgehead atoms. The van der Waals surface area contributed by atoms with Gasteiger partial charge in [-0.05, 0) is 31.5 Å². The van der Waals surface area contributed by atoms with Gasteiger partial charge < -0.3 is 0 Å². The van der Waals surface area contributed by atoms with Crippen LogP contribution in [0.1, 0.15) is 11.4 Å². The smallest absolute Gasteiger partial charge is 0.264 e. The SMILES string of the molecule is Cc1nc2cc(S(=O)(=O)NCCCS(=O)(=O)O)ccc2s1. The Labute approximate surface area is 126 Å². The molecule has 0 saturated carbocycles. The van der Waals surface area contributed by atoms with E-state index in [0.29, 0.717) is 5.52 Å². The van der Waals surface area contributed by atoms with Crippen LogP contribution < -0.4 is 4.72 Å². The Morgan fingerprint density at radius 1 is 1.29 bits per heavy atom. The summed E-state index contributed by atoms with van der Waals surface area (Å²) in [6.45, 7) is 1.77. The molecule has 0 aliphatic carbocycles. The second-order valence-electron chi connectivity index (χ2n) is 4.40. The van der Waals surface area contributed by atoms with E-state index in [1.807, 2.05) is 6.92 Å². The second-order valence-corrected chi connectivity index (χ2v) is 8.97. The lowest BCUT2D eigenvalue weighted by Crippen LogP contribution is -2.26. The van der Waals surface area contributed by atoms with Gasteiger partial charge in [0.15, 0.2) is 0 Å². The van der Waals surface area contributed by atoms with Crippen LogP contribution in [0.5, 0.6) is 0 Å². The zero-order chi connectivity index (χ0) is 15.7. The standard InChI is InChI=1S/C11H14N2O5S3/c1-8-13-10-7-9(3-4-11(10)19-8)21(17,18)12-5-2-6-20(14,15)16/h3-4,7,12H,2,5-6H2,1H3,(H,14,15,16). The lowest BCUT2D eigenvalue weighted by molar-refractivity contribution is 0.480. The highest BCUT2D eigenvalue weighted by molar-refractivity contribution is 7.89. The van der Waals surface area contributed by atoms with E-state index >= 15 is 0 Å². The van der Waals surface area contributed by atoms with Gasteiger partial charge in [-0.25, -0.2) is 18.1 Å². The summed E-state index contributed by atoms with van der Waals surface area (Å²) in [5, 5.41) is 0.848. The summed E-state index contributed by atoms with van der Waals surface area (Å²) in [5.74, 6) is -0.486. The summed E-state index contributed by atoms with van der Waals surface area (Å²) in [4.78, 5) is 4.31. The molecule has 0 fully saturated rings. The normalized spacial score (nSPS) is 12.9. The molecule has 1 aromatic heterocycles. The number of hydrogen-bond acceptors (Lipinski definition) is 6. The van der Waals surface area contributed by atoms with Crippen molar-refractivity contribution in [3.8, 4) is 0 Å². The molecule has 116 valence electrons. The molecule has 0 saturated heterocycles. The van der Waals surface area contributed by atoms with Gasteiger partial charge in [-0.1, -0.05) is 0 Å². The molecule has 10 heteroatoms. The quantitative estimate of drug-likeness (QED) is 0.597. The first-order chi connectivity index (χ1) is 9.67. The van der Waals surface area contributed by atoms with Crippen molar-refractivity contribution in [1.29, 1.82) is 0 Å². The molecule has 0 spiro atoms. The van der Waals surface area contributed by atoms with Gasteiger partial charge in [0.1, 0.15) is 0 Å². The van der Waals surface area contributed by atoms with Crippen molar-refractivity contribution in [2.24, 2.45) is 0 Å². The van der Waals surface area contributed by atoms with Crippen LogP contribution in [0.25, 0.3) is 10.2 Å². The molecular formula is C11H14N2O5S3. The van der Waals surface area contributed by atoms with Crippen LogP contribution in [0.2, 0.25) is 0 Å². The average molecular weight is 350 g/mol. The van der Waals surface area contributed by atoms with Crippen molar-refractivity contribution in [1.82, 2.24) is 9.71 Å². The minimum atomic E-state index is -4.08. The Balaban J connectivity index is 2.10. The Hall–Kier alpha value is -1.07. The summed E-state index contributed by atoms with van der Waals surface area (Å²) in [6, 6.07) is 4.64. The first-order valence-electron chi connectivity index (χ1n) is 5.99. The van der Waals surface area contributed by atoms with Gasteiger partial charge in [0.2, 0.25) is 10.0 Å². The summed E-state index contributed by atoms with van der Waals surface area (Å²) in [7, 11) is -7.80. The predicted octanol–water partition coefficient (Wildman–Crippen LogP) is 1.16. The van der Waals surface area contributed by atoms with Crippen LogP contribution in [0.3, 0.4) is 0 Å². The lowest BCUT2D eigenvalue weighted by Gasteiger charge is -2.06. The monoisotopic (exact) mass is 350 g/mol. The number of benzene rings is 1. The molecule has 21 heavy (non-hydrogen) atoms. The molecule has 0 amide bonds. The number of aryl methyl sites for hydroxylation is 1. The van der Waals surface area contributed by atoms with Gasteiger partial charge in [0, 0.05) is 6.54 Å². The van der Waals surface area contributed by atoms with Gasteiger partial charge in [-0.2, -0.15) is 8.42 Å². The Morgan fingerprint density at radius 3 is 2.67 bits per heavy atom. The second kappa shape index (κ2) is 5.97. The number of hydrogen-bond donors (Lipinski definition) is 2. The van der Waals surface area contributed by atoms with Crippen molar-refractivity contribution in [2.45, 2.75) is 18.2 Å². The number of fused-ring (bicyclic) bond motifs is 1. The first kappa shape index (κ1) is 16.3. The number of rotatable bonds is 6. The fourth-order valence-electron chi connectivity index (χ4n) is 1.73. The van der Waals surface area contributed by atoms with E-state index in [-0.39, 0.29) is 17.9 Å². The zero-order valence-corrected chi connectivity index (χ0v) is 13.6. The van der Waals surface area contributed by atoms with E-state index in [0.717, 1.165) is 9.71 Å². The third kappa shape index (κ3) is 4.45. The molecule has 0 aliphatic heterocycles. The predicted molar refractivity (Wildman–Crippen MR) is 80.6 cm³/mol. The maximum atomic E-state index is 12.1. The zero-order valence-electron chi connectivity index (χ0n) is 11.1. The molecule has 7 nitrogen and oxygen atoms in total. The van der Waals surface area contributed by atoms with Gasteiger partial charge in [0.05, 0.1) is 25.9 Å². The third-order valence-electron chi connectivity index (χ3n) is 2.65. The van der Waals surface area contributed by atoms with Crippen molar-refractivity contribution in [3.63, 3.8) is 0 Å². The topological polar surface area (TPSA) is 113 Å². The Bertz CT molecular complexity index is 855. The van der Waals surface area contributed by atoms with Crippen molar-refractivity contribution in [2.75, 3.05) is 12.3 Å². The van der Waals surface area contributed by atoms with Gasteiger partial charge >= 0.3 is 0 Å². The number of aromatic nitrogens is 1. The highest BCUT2D eigenvalue weighted by Gasteiger charge is 2.15. The van der Waals surface area contributed by atoms with Crippen molar-refractivity contribution >= 4 is 41.7 Å². The van der Waals surface area contributed by atoms with Crippen molar-refractivity contribution in [3.05, 3.63) is 23.2 Å². The van der Waals surface area contributed by atoms with Crippen LogP contribution in [-0.4, -0.2) is 38.7 Å². The molecule has 1 heterocycles. The van der Waals surface area contributed by atoms with E-state index in [1.165, 1.54) is 23.5 Å². The van der Waals surface area contributed by atoms with E-state index in [2.05, 4.69) is 9.71 Å². The highest BCUT2D eigenvalue weighted by Crippen LogP contribution is 2.24. The number of nitrogens with one attached hydrogen (secondary N) is 1. The van der Waals surface area contributed by atoms with E-state index in [9.17, 15) is 16.8 Å². The van der Waals surface area contributed by atoms with Crippen molar-refractivity contribution < 1.29 is 21.4 Å². The lowest BCUT2D eigenvalue weighted by atomic mass is 10.3. The van der Waals surface area contributed by atoms with Crippen LogP contribution in [0.15, 0.2) is 23.1 Å². The van der Waals surface area contributed by atoms with E-state index in [4.69, 9.17) is 4.55 Å². The van der Waals surface area contributed by atoms with Crippen LogP contribution in [-0.2, 0) is 20.1 Å². The molecule has 2 aromatic rings. The summed E-state index contributed by atoms with van der Waals surface area (Å²) < 4.78 is 57.0. The molecule has 0 aliphatic rings. The van der Waals surface area contributed by atoms with Crippen LogP contribution in [0.4, 0.5) is 0 Å². The van der Waals surface area contributed by atoms with E-state index < -0.39 is 25.9 Å². The molecular weight excluding hydrogens is 336 g/mol. The summed E-state index contributed by atoms with van der Waals surface area (Å²) >= 11 is 1.47. The molecule has 0 unspecified atom stereocenters. The maximum absolute atomic E-state index is 12.1. The fraction of sp³-hybridized carbons (Fsp3) is 0.364. The minimum Gasteiger partial charge on any atom is -0.286 e. The highest BCUT2D eigenvalue weighted by atomic mass is 32.2. The Morgan fingerprint density at radius 2 is 2.00 bits per heavy atom. The van der Waals surface area contributed by atoms with Gasteiger partial charge in [-0.15, -0.1) is 11.3 Å². The first-order valence-corrected chi connectivity index (χ1v) is 9.90. The third-order valence-corrected chi connectivity index (χ3v) is 5.86. The summed E-state index contributed by atoms with van der Waals surface area (Å²) in [5.41, 5.74) is 0.610. The van der Waals surface area contributed by atoms with Gasteiger partial charge in [-0.3, -0.25) is 4.55 Å². The van der Waals surface area contributed by atoms with E-state index in [1.54, 1.807) is 6.07 Å². The largest absolute Gasteiger partial charge is 0.286 e. The van der Waals surface area contributed by atoms with Crippen LogP contribution >= 0.6 is 11.3 Å². The summed E-state index contributed by atoms with van der Waals surface area (Å²) in [6.07, 6.45) is -0.00385. The van der Waals surface area contributed by atoms with Gasteiger partial charge in [0.25, 0.3) is 10.1 Å². The maximum Gasteiger partial charge on any atom is 0.264 e. The fourth-order valence-corrected chi connectivity index (χ4v) is 4.14. The number of sulfonamides is 1. The molecule has 2 rings (SSSR count). The molecule has 0 radical (unpaired) electrons. The molecule has 2 N–H and O–H groups in total. The number of nitrogens with zero attached hydrogens (tertiary/aromatic N) is 1. The minimum absolute atomic E-state index is 0.00385. The number of thiazole rings is 1. The van der Waals surface area contributed by atoms with Crippen LogP contribution in [0, 0.1) is 6.92 Å².